The molecule has 10 heteroatoms. The van der Waals surface area contributed by atoms with Gasteiger partial charge in [0.2, 0.25) is 5.91 Å². The van der Waals surface area contributed by atoms with Crippen LogP contribution in [0.15, 0.2) is 89.5 Å². The smallest absolute Gasteiger partial charge is 0.282 e. The van der Waals surface area contributed by atoms with Crippen LogP contribution < -0.4 is 20.9 Å². The van der Waals surface area contributed by atoms with Crippen LogP contribution in [0, 0.1) is 6.92 Å². The lowest BCUT2D eigenvalue weighted by molar-refractivity contribution is -0.118. The van der Waals surface area contributed by atoms with E-state index >= 15 is 0 Å². The van der Waals surface area contributed by atoms with Crippen molar-refractivity contribution >= 4 is 39.5 Å². The molecule has 0 fully saturated rings. The van der Waals surface area contributed by atoms with Crippen molar-refractivity contribution in [1.29, 1.82) is 0 Å². The number of hydrogen-bond acceptors (Lipinski definition) is 5. The molecular formula is C25H24N4O5S. The van der Waals surface area contributed by atoms with Crippen molar-refractivity contribution in [2.24, 2.45) is 0 Å². The van der Waals surface area contributed by atoms with Crippen LogP contribution in [0.1, 0.15) is 28.4 Å². The minimum absolute atomic E-state index is 0.0317. The summed E-state index contributed by atoms with van der Waals surface area (Å²) in [6, 6.07) is 20.8. The van der Waals surface area contributed by atoms with Crippen molar-refractivity contribution in [2.75, 3.05) is 5.32 Å². The fourth-order valence-corrected chi connectivity index (χ4v) is 3.77. The molecule has 0 saturated carbocycles. The first-order chi connectivity index (χ1) is 16.6. The number of aryl methyl sites for hydroxylation is 1. The van der Waals surface area contributed by atoms with Gasteiger partial charge in [-0.15, -0.1) is 4.83 Å². The Kier molecular flexibility index (Phi) is 8.13. The van der Waals surface area contributed by atoms with Crippen LogP contribution in [-0.4, -0.2) is 26.1 Å². The van der Waals surface area contributed by atoms with Gasteiger partial charge in [-0.3, -0.25) is 19.8 Å². The summed E-state index contributed by atoms with van der Waals surface area (Å²) >= 11 is 0. The van der Waals surface area contributed by atoms with E-state index in [4.69, 9.17) is 0 Å². The van der Waals surface area contributed by atoms with Crippen LogP contribution in [0.25, 0.3) is 6.08 Å². The van der Waals surface area contributed by atoms with Crippen molar-refractivity contribution in [3.63, 3.8) is 0 Å². The third kappa shape index (κ3) is 7.36. The fourth-order valence-electron chi connectivity index (χ4n) is 2.93. The second kappa shape index (κ2) is 11.2. The highest BCUT2D eigenvalue weighted by Crippen LogP contribution is 2.13. The number of carbonyl (C=O) groups is 3. The normalized spacial score (nSPS) is 11.4. The maximum atomic E-state index is 12.9. The molecule has 0 unspecified atom stereocenters. The maximum absolute atomic E-state index is 12.9. The molecule has 3 aromatic rings. The first-order valence-corrected chi connectivity index (χ1v) is 12.0. The van der Waals surface area contributed by atoms with Gasteiger partial charge >= 0.3 is 0 Å². The molecule has 0 aliphatic carbocycles. The number of rotatable bonds is 8. The Hall–Kier alpha value is -4.28. The number of hydrogen-bond donors (Lipinski definition) is 4. The molecule has 0 radical (unpaired) electrons. The highest BCUT2D eigenvalue weighted by atomic mass is 32.2. The van der Waals surface area contributed by atoms with Gasteiger partial charge in [0.15, 0.2) is 0 Å². The first-order valence-electron chi connectivity index (χ1n) is 10.5. The predicted molar refractivity (Wildman–Crippen MR) is 132 cm³/mol. The standard InChI is InChI=1S/C25H24N4O5S/c1-17-8-14-22(15-9-17)35(33,34)29-28-25(32)23(27-24(31)20-6-4-3-5-7-20)16-19-10-12-21(13-11-19)26-18(2)30/h3-16,29H,1-2H3,(H,26,30)(H,27,31)(H,28,32)/b23-16-. The molecule has 0 aromatic heterocycles. The number of nitrogens with one attached hydrogen (secondary N) is 4. The van der Waals surface area contributed by atoms with Crippen molar-refractivity contribution in [3.05, 3.63) is 101 Å². The summed E-state index contributed by atoms with van der Waals surface area (Å²) in [7, 11) is -4.04. The summed E-state index contributed by atoms with van der Waals surface area (Å²) in [5, 5.41) is 5.15. The minimum atomic E-state index is -4.04. The lowest BCUT2D eigenvalue weighted by Crippen LogP contribution is -2.45. The number of anilines is 1. The third-order valence-electron chi connectivity index (χ3n) is 4.70. The monoisotopic (exact) mass is 492 g/mol. The van der Waals surface area contributed by atoms with Gasteiger partial charge in [0.1, 0.15) is 5.70 Å². The molecule has 3 rings (SSSR count). The van der Waals surface area contributed by atoms with E-state index in [2.05, 4.69) is 16.1 Å². The average molecular weight is 493 g/mol. The summed E-state index contributed by atoms with van der Waals surface area (Å²) in [6.07, 6.45) is 1.38. The van der Waals surface area contributed by atoms with Gasteiger partial charge < -0.3 is 10.6 Å². The van der Waals surface area contributed by atoms with Crippen molar-refractivity contribution < 1.29 is 22.8 Å². The molecule has 180 valence electrons. The molecule has 4 N–H and O–H groups in total. The lowest BCUT2D eigenvalue weighted by atomic mass is 10.1. The van der Waals surface area contributed by atoms with Crippen LogP contribution >= 0.6 is 0 Å². The Morgan fingerprint density at radius 3 is 2.06 bits per heavy atom. The number of sulfonamides is 1. The number of carbonyl (C=O) groups excluding carboxylic acids is 3. The Morgan fingerprint density at radius 2 is 1.46 bits per heavy atom. The third-order valence-corrected chi connectivity index (χ3v) is 5.96. The van der Waals surface area contributed by atoms with Gasteiger partial charge in [-0.25, -0.2) is 8.42 Å². The molecule has 9 nitrogen and oxygen atoms in total. The van der Waals surface area contributed by atoms with Crippen LogP contribution in [0.4, 0.5) is 5.69 Å². The Labute approximate surface area is 203 Å². The minimum Gasteiger partial charge on any atom is -0.326 e. The summed E-state index contributed by atoms with van der Waals surface area (Å²) in [6.45, 7) is 3.20. The Balaban J connectivity index is 1.83. The van der Waals surface area contributed by atoms with Crippen molar-refractivity contribution in [3.8, 4) is 0 Å². The second-order valence-corrected chi connectivity index (χ2v) is 9.24. The largest absolute Gasteiger partial charge is 0.326 e. The molecule has 0 bridgehead atoms. The number of amides is 3. The van der Waals surface area contributed by atoms with Gasteiger partial charge in [-0.1, -0.05) is 48.0 Å². The number of hydrazine groups is 1. The second-order valence-electron chi connectivity index (χ2n) is 7.55. The van der Waals surface area contributed by atoms with E-state index in [0.29, 0.717) is 16.8 Å². The molecule has 0 spiro atoms. The SMILES string of the molecule is CC(=O)Nc1ccc(/C=C(\NC(=O)c2ccccc2)C(=O)NNS(=O)(=O)c2ccc(C)cc2)cc1. The van der Waals surface area contributed by atoms with Gasteiger partial charge in [0, 0.05) is 18.2 Å². The van der Waals surface area contributed by atoms with E-state index in [1.54, 1.807) is 66.7 Å². The van der Waals surface area contributed by atoms with Crippen molar-refractivity contribution in [2.45, 2.75) is 18.7 Å². The molecule has 0 aliphatic heterocycles. The quantitative estimate of drug-likeness (QED) is 0.283. The highest BCUT2D eigenvalue weighted by Gasteiger charge is 2.19. The zero-order valence-corrected chi connectivity index (χ0v) is 19.8. The lowest BCUT2D eigenvalue weighted by Gasteiger charge is -2.13. The van der Waals surface area contributed by atoms with Crippen molar-refractivity contribution in [1.82, 2.24) is 15.6 Å². The molecule has 3 amide bonds. The topological polar surface area (TPSA) is 133 Å². The maximum Gasteiger partial charge on any atom is 0.282 e. The summed E-state index contributed by atoms with van der Waals surface area (Å²) < 4.78 is 25.1. The number of benzene rings is 3. The fraction of sp³-hybridized carbons (Fsp3) is 0.0800. The van der Waals surface area contributed by atoms with Gasteiger partial charge in [-0.05, 0) is 55.0 Å². The van der Waals surface area contributed by atoms with Gasteiger partial charge in [0.05, 0.1) is 4.90 Å². The Morgan fingerprint density at radius 1 is 0.829 bits per heavy atom. The summed E-state index contributed by atoms with van der Waals surface area (Å²) in [4.78, 5) is 38.8. The van der Waals surface area contributed by atoms with Gasteiger partial charge in [0.25, 0.3) is 21.8 Å². The van der Waals surface area contributed by atoms with Gasteiger partial charge in [-0.2, -0.15) is 0 Å². The zero-order chi connectivity index (χ0) is 25.4. The van der Waals surface area contributed by atoms with Crippen LogP contribution in [0.5, 0.6) is 0 Å². The van der Waals surface area contributed by atoms with E-state index in [1.165, 1.54) is 25.1 Å². The average Bonchev–Trinajstić information content (AvgIpc) is 2.84. The summed E-state index contributed by atoms with van der Waals surface area (Å²) in [5.41, 5.74) is 4.21. The van der Waals surface area contributed by atoms with E-state index in [0.717, 1.165) is 5.56 Å². The van der Waals surface area contributed by atoms with E-state index in [-0.39, 0.29) is 16.5 Å². The molecular weight excluding hydrogens is 468 g/mol. The zero-order valence-electron chi connectivity index (χ0n) is 19.0. The first kappa shape index (κ1) is 25.3. The molecule has 0 saturated heterocycles. The van der Waals surface area contributed by atoms with Crippen LogP contribution in [0.2, 0.25) is 0 Å². The van der Waals surface area contributed by atoms with E-state index in [9.17, 15) is 22.8 Å². The molecule has 35 heavy (non-hydrogen) atoms. The summed E-state index contributed by atoms with van der Waals surface area (Å²) in [5.74, 6) is -1.66. The van der Waals surface area contributed by atoms with Crippen LogP contribution in [0.3, 0.4) is 0 Å². The Bertz CT molecular complexity index is 1350. The van der Waals surface area contributed by atoms with E-state index in [1.807, 2.05) is 11.8 Å². The highest BCUT2D eigenvalue weighted by molar-refractivity contribution is 7.89. The molecule has 0 aliphatic rings. The predicted octanol–water partition coefficient (Wildman–Crippen LogP) is 2.73. The molecule has 3 aromatic carbocycles. The van der Waals surface area contributed by atoms with E-state index < -0.39 is 21.8 Å². The molecule has 0 heterocycles. The van der Waals surface area contributed by atoms with Crippen LogP contribution in [-0.2, 0) is 19.6 Å². The molecule has 0 atom stereocenters.